The lowest BCUT2D eigenvalue weighted by Crippen LogP contribution is -1.75. The van der Waals surface area contributed by atoms with Crippen molar-refractivity contribution in [3.63, 3.8) is 0 Å². The largest absolute Gasteiger partial charge is 0.246 e. The second-order valence-corrected chi connectivity index (χ2v) is 1.33. The van der Waals surface area contributed by atoms with E-state index in [9.17, 15) is 0 Å². The third-order valence-electron chi connectivity index (χ3n) is 0.779. The Bertz CT molecular complexity index is 216. The normalized spacial score (nSPS) is 6.70. The van der Waals surface area contributed by atoms with Crippen molar-refractivity contribution in [3.05, 3.63) is 35.0 Å². The third kappa shape index (κ3) is 2.52. The van der Waals surface area contributed by atoms with E-state index < -0.39 is 0 Å². The topological polar surface area (TPSA) is 77.6 Å². The van der Waals surface area contributed by atoms with Crippen LogP contribution in [-0.4, -0.2) is 4.98 Å². The van der Waals surface area contributed by atoms with Crippen LogP contribution in [0.2, 0.25) is 0 Å². The van der Waals surface area contributed by atoms with E-state index in [0.29, 0.717) is 5.69 Å². The highest BCUT2D eigenvalue weighted by atomic mass is 16.2. The lowest BCUT2D eigenvalue weighted by atomic mass is 10.4. The van der Waals surface area contributed by atoms with Crippen LogP contribution in [0, 0.1) is 21.8 Å². The molecule has 1 N–H and O–H groups in total. The van der Waals surface area contributed by atoms with Crippen molar-refractivity contribution in [2.24, 2.45) is 0 Å². The van der Waals surface area contributed by atoms with Crippen LogP contribution in [0.4, 0.5) is 0 Å². The first-order valence-corrected chi connectivity index (χ1v) is 2.45. The highest BCUT2D eigenvalue weighted by Gasteiger charge is 1.81. The molecular weight excluding hydrogens is 130 g/mol. The summed E-state index contributed by atoms with van der Waals surface area (Å²) in [6.45, 7) is 0. The summed E-state index contributed by atoms with van der Waals surface area (Å²) in [6.07, 6.45) is 1.60. The predicted molar refractivity (Wildman–Crippen MR) is 35.0 cm³/mol. The van der Waals surface area contributed by atoms with Crippen molar-refractivity contribution in [2.45, 2.75) is 0 Å². The fourth-order valence-electron chi connectivity index (χ4n) is 0.429. The van der Waals surface area contributed by atoms with Crippen molar-refractivity contribution < 1.29 is 0 Å². The predicted octanol–water partition coefficient (Wildman–Crippen LogP) is 1.28. The summed E-state index contributed by atoms with van der Waals surface area (Å²) in [7, 11) is 0. The average molecular weight is 135 g/mol. The van der Waals surface area contributed by atoms with Crippen LogP contribution in [0.1, 0.15) is 5.69 Å². The van der Waals surface area contributed by atoms with Gasteiger partial charge in [-0.25, -0.2) is 4.98 Å². The molecule has 1 aromatic rings. The number of nitriles is 1. The van der Waals surface area contributed by atoms with Gasteiger partial charge in [0.05, 0.1) is 0 Å². The Hall–Kier alpha value is -1.76. The molecule has 0 saturated heterocycles. The number of nitroso groups, excluding NO2 is 1. The number of pyridine rings is 1. The molecule has 1 heterocycles. The fraction of sp³-hybridized carbons (Fsp3) is 0. The van der Waals surface area contributed by atoms with Gasteiger partial charge in [0.15, 0.2) is 0 Å². The fourth-order valence-corrected chi connectivity index (χ4v) is 0.429. The first-order chi connectivity index (χ1) is 4.93. The second-order valence-electron chi connectivity index (χ2n) is 1.33. The van der Waals surface area contributed by atoms with Crippen molar-refractivity contribution >= 4 is 0 Å². The molecule has 0 saturated carbocycles. The molecule has 1 rings (SSSR count). The van der Waals surface area contributed by atoms with Crippen molar-refractivity contribution in [3.8, 4) is 6.07 Å². The summed E-state index contributed by atoms with van der Waals surface area (Å²) in [6, 6.07) is 7.14. The lowest BCUT2D eigenvalue weighted by molar-refractivity contribution is 1.26. The van der Waals surface area contributed by atoms with E-state index in [1.165, 1.54) is 0 Å². The minimum absolute atomic E-state index is 0.465. The van der Waals surface area contributed by atoms with Crippen molar-refractivity contribution in [1.82, 2.24) is 4.98 Å². The molecule has 10 heavy (non-hydrogen) atoms. The van der Waals surface area contributed by atoms with Gasteiger partial charge in [-0.15, -0.1) is 0 Å². The van der Waals surface area contributed by atoms with E-state index in [4.69, 9.17) is 10.2 Å². The molecule has 50 valence electrons. The molecule has 4 nitrogen and oxygen atoms in total. The van der Waals surface area contributed by atoms with E-state index in [1.54, 1.807) is 24.4 Å². The van der Waals surface area contributed by atoms with Crippen LogP contribution < -0.4 is 0 Å². The standard InChI is InChI=1S/C6H4N2.HNO/c7-5-6-3-1-2-4-8-6;1-2/h1-4H;1H. The molecule has 0 aromatic carbocycles. The van der Waals surface area contributed by atoms with Gasteiger partial charge in [-0.3, -0.25) is 0 Å². The van der Waals surface area contributed by atoms with Crippen LogP contribution in [0.3, 0.4) is 0 Å². The zero-order valence-corrected chi connectivity index (χ0v) is 5.11. The van der Waals surface area contributed by atoms with E-state index in [1.807, 2.05) is 6.07 Å². The number of hydrogen-bond acceptors (Lipinski definition) is 4. The summed E-state index contributed by atoms with van der Waals surface area (Å²) in [4.78, 5) is 11.2. The van der Waals surface area contributed by atoms with Gasteiger partial charge < -0.3 is 0 Å². The van der Waals surface area contributed by atoms with Crippen LogP contribution >= 0.6 is 0 Å². The molecule has 1 aromatic heterocycles. The number of rotatable bonds is 0. The van der Waals surface area contributed by atoms with Gasteiger partial charge >= 0.3 is 0 Å². The molecule has 4 heteroatoms. The second kappa shape index (κ2) is 5.38. The van der Waals surface area contributed by atoms with Gasteiger partial charge in [0.25, 0.3) is 0 Å². The Kier molecular flexibility index (Phi) is 4.43. The first kappa shape index (κ1) is 8.24. The zero-order chi connectivity index (χ0) is 7.82. The number of nitrogens with zero attached hydrogens (tertiary/aromatic N) is 2. The van der Waals surface area contributed by atoms with Gasteiger partial charge in [0.2, 0.25) is 0 Å². The summed E-state index contributed by atoms with van der Waals surface area (Å²) in [5.74, 6) is 0. The maximum absolute atomic E-state index is 8.23. The van der Waals surface area contributed by atoms with Crippen LogP contribution in [0.15, 0.2) is 24.4 Å². The molecule has 0 atom stereocenters. The highest BCUT2D eigenvalue weighted by Crippen LogP contribution is 1.86. The van der Waals surface area contributed by atoms with E-state index in [0.717, 1.165) is 0 Å². The summed E-state index contributed by atoms with van der Waals surface area (Å²) >= 11 is 0. The SMILES string of the molecule is N#Cc1ccccn1.N=O. The van der Waals surface area contributed by atoms with Gasteiger partial charge in [-0.05, 0) is 12.1 Å². The molecule has 0 aliphatic carbocycles. The smallest absolute Gasteiger partial charge is 0.140 e. The van der Waals surface area contributed by atoms with Crippen LogP contribution in [-0.2, 0) is 0 Å². The summed E-state index contributed by atoms with van der Waals surface area (Å²) in [5, 5.41) is 8.23. The molecular formula is C6H5N3O. The molecule has 0 aliphatic rings. The van der Waals surface area contributed by atoms with Crippen molar-refractivity contribution in [2.75, 3.05) is 0 Å². The molecule has 0 amide bonds. The maximum Gasteiger partial charge on any atom is 0.140 e. The average Bonchev–Trinajstić information content (AvgIpc) is 2.10. The Labute approximate surface area is 57.9 Å². The molecule has 0 radical (unpaired) electrons. The molecule has 0 unspecified atom stereocenters. The highest BCUT2D eigenvalue weighted by molar-refractivity contribution is 5.18. The zero-order valence-electron chi connectivity index (χ0n) is 5.11. The van der Waals surface area contributed by atoms with Crippen molar-refractivity contribution in [1.29, 1.82) is 10.9 Å². The third-order valence-corrected chi connectivity index (χ3v) is 0.779. The summed E-state index contributed by atoms with van der Waals surface area (Å²) < 4.78 is 0. The monoisotopic (exact) mass is 135 g/mol. The van der Waals surface area contributed by atoms with Gasteiger partial charge in [0.1, 0.15) is 11.8 Å². The van der Waals surface area contributed by atoms with Gasteiger partial charge in [-0.2, -0.15) is 10.2 Å². The van der Waals surface area contributed by atoms with E-state index in [-0.39, 0.29) is 0 Å². The first-order valence-electron chi connectivity index (χ1n) is 2.45. The minimum atomic E-state index is 0.465. The quantitative estimate of drug-likeness (QED) is 0.544. The number of aromatic nitrogens is 1. The van der Waals surface area contributed by atoms with Crippen LogP contribution in [0.25, 0.3) is 0 Å². The molecule has 0 spiro atoms. The van der Waals surface area contributed by atoms with Crippen LogP contribution in [0.5, 0.6) is 0 Å². The van der Waals surface area contributed by atoms with Gasteiger partial charge in [-0.1, -0.05) is 11.7 Å². The number of nitrogens with one attached hydrogen (secondary N) is 1. The molecule has 0 aliphatic heterocycles. The number of hydrogen-bond donors (Lipinski definition) is 1. The lowest BCUT2D eigenvalue weighted by Gasteiger charge is -1.79. The van der Waals surface area contributed by atoms with E-state index >= 15 is 0 Å². The Morgan fingerprint density at radius 2 is 2.20 bits per heavy atom. The molecule has 0 bridgehead atoms. The minimum Gasteiger partial charge on any atom is -0.246 e. The Morgan fingerprint density at radius 3 is 2.50 bits per heavy atom. The maximum atomic E-state index is 8.23. The van der Waals surface area contributed by atoms with E-state index in [2.05, 4.69) is 10.6 Å². The van der Waals surface area contributed by atoms with Gasteiger partial charge in [0, 0.05) is 6.20 Å². The Morgan fingerprint density at radius 1 is 1.50 bits per heavy atom. The molecule has 0 fully saturated rings. The summed E-state index contributed by atoms with van der Waals surface area (Å²) in [5.41, 5.74) is 4.97. The Balaban J connectivity index is 0.000000371.